The van der Waals surface area contributed by atoms with Gasteiger partial charge in [0.05, 0.1) is 9.75 Å². The highest BCUT2D eigenvalue weighted by Gasteiger charge is 2.39. The molecule has 0 aliphatic heterocycles. The van der Waals surface area contributed by atoms with Crippen LogP contribution in [0.15, 0.2) is 132 Å². The molecule has 0 radical (unpaired) electrons. The first kappa shape index (κ1) is 75.6. The molecule has 0 bridgehead atoms. The Morgan fingerprint density at radius 1 is 0.255 bits per heavy atom. The number of unbranched alkanes of at least 4 members (excludes halogenated alkanes) is 36. The molecule has 2 N–H and O–H groups in total. The van der Waals surface area contributed by atoms with Crippen molar-refractivity contribution in [3.8, 4) is 19.5 Å². The van der Waals surface area contributed by atoms with Crippen LogP contribution in [0, 0.1) is 0 Å². The topological polar surface area (TPSA) is 40.5 Å². The summed E-state index contributed by atoms with van der Waals surface area (Å²) in [5, 5.41) is 31.7. The molecule has 0 amide bonds. The van der Waals surface area contributed by atoms with Crippen molar-refractivity contribution in [2.24, 2.45) is 0 Å². The molecule has 0 saturated heterocycles. The average molecular weight is 1340 g/mol. The Labute approximate surface area is 589 Å². The monoisotopic (exact) mass is 1340 g/mol. The van der Waals surface area contributed by atoms with E-state index in [9.17, 15) is 10.2 Å². The Kier molecular flexibility index (Phi) is 34.8. The molecule has 6 heteroatoms. The van der Waals surface area contributed by atoms with Crippen LogP contribution in [0.4, 0.5) is 0 Å². The lowest BCUT2D eigenvalue weighted by Gasteiger charge is -2.31. The second-order valence-electron chi connectivity index (χ2n) is 28.2. The van der Waals surface area contributed by atoms with Gasteiger partial charge >= 0.3 is 0 Å². The van der Waals surface area contributed by atoms with Crippen LogP contribution in [-0.2, 0) is 36.9 Å². The van der Waals surface area contributed by atoms with E-state index >= 15 is 0 Å². The first-order valence-electron chi connectivity index (χ1n) is 38.8. The Hall–Kier alpha value is -4.14. The largest absolute Gasteiger partial charge is 0.376 e. The van der Waals surface area contributed by atoms with Gasteiger partial charge in [-0.2, -0.15) is 0 Å². The quantitative estimate of drug-likeness (QED) is 0.0373. The second kappa shape index (κ2) is 43.3. The van der Waals surface area contributed by atoms with Crippen LogP contribution in [0.5, 0.6) is 0 Å². The molecular weight excluding hydrogens is 1220 g/mol. The van der Waals surface area contributed by atoms with E-state index in [1.54, 1.807) is 22.7 Å². The second-order valence-corrected chi connectivity index (χ2v) is 32.2. The molecule has 4 heterocycles. The number of fused-ring (bicyclic) bond motifs is 1. The lowest BCUT2D eigenvalue weighted by Crippen LogP contribution is -2.29. The lowest BCUT2D eigenvalue weighted by atomic mass is 9.79. The third-order valence-electron chi connectivity index (χ3n) is 20.5. The van der Waals surface area contributed by atoms with E-state index in [0.717, 1.165) is 68.8 Å². The minimum Gasteiger partial charge on any atom is -0.376 e. The zero-order valence-electron chi connectivity index (χ0n) is 59.3. The maximum Gasteiger partial charge on any atom is 0.142 e. The smallest absolute Gasteiger partial charge is 0.142 e. The van der Waals surface area contributed by atoms with Crippen molar-refractivity contribution in [1.82, 2.24) is 0 Å². The molecule has 8 rings (SSSR count). The number of benzene rings is 4. The SMILES string of the molecule is CCCCCCCCCCCCc1ccc(C(O)(c2ccc(CCCCCCCCCCCC)cc2)c2ccsc2-c2cc3sc(-c4sccc4C(O)(c4ccc(CCCCCCCCCCCC)cc4)c4ccc(CCCCCCCCCCCC)cc4)cc3s2)cc1. The van der Waals surface area contributed by atoms with Gasteiger partial charge in [0.2, 0.25) is 0 Å². The Bertz CT molecular complexity index is 2840. The van der Waals surface area contributed by atoms with E-state index in [1.165, 1.54) is 298 Å². The average Bonchev–Trinajstić information content (AvgIpc) is 1.46. The normalized spacial score (nSPS) is 12.1. The minimum absolute atomic E-state index is 0.923. The molecule has 4 aromatic heterocycles. The van der Waals surface area contributed by atoms with Gasteiger partial charge in [-0.1, -0.05) is 356 Å². The summed E-state index contributed by atoms with van der Waals surface area (Å²) in [7, 11) is 0. The highest BCUT2D eigenvalue weighted by molar-refractivity contribution is 7.33. The van der Waals surface area contributed by atoms with Gasteiger partial charge in [-0.25, -0.2) is 0 Å². The third kappa shape index (κ3) is 23.5. The predicted octanol–water partition coefficient (Wildman–Crippen LogP) is 28.8. The fourth-order valence-corrected chi connectivity index (χ4v) is 19.1. The van der Waals surface area contributed by atoms with E-state index < -0.39 is 11.2 Å². The number of hydrogen-bond donors (Lipinski definition) is 2. The van der Waals surface area contributed by atoms with Crippen molar-refractivity contribution in [1.29, 1.82) is 0 Å². The van der Waals surface area contributed by atoms with Gasteiger partial charge in [0.15, 0.2) is 0 Å². The number of aryl methyl sites for hydroxylation is 4. The van der Waals surface area contributed by atoms with Gasteiger partial charge < -0.3 is 10.2 Å². The fraction of sp³-hybridized carbons (Fsp3) is 0.568. The first-order chi connectivity index (χ1) is 46.3. The standard InChI is InChI=1S/C88H124O2S4/c1-5-9-13-17-21-25-29-33-37-41-45-71-49-57-75(58-50-71)87(89,76-59-51-72(52-60-76)46-42-38-34-30-26-22-18-14-10-6-2)79-65-67-91-85(79)83-69-81-82(93-83)70-84(94-81)86-80(66-68-92-86)88(90,77-61-53-73(54-62-77)47-43-39-35-31-27-23-19-15-11-7-3)78-63-55-74(56-64-78)48-44-40-36-32-28-24-20-16-12-8-4/h49-70,89-90H,5-48H2,1-4H3. The van der Waals surface area contributed by atoms with E-state index in [-0.39, 0.29) is 0 Å². The number of rotatable bonds is 52. The van der Waals surface area contributed by atoms with Gasteiger partial charge in [0, 0.05) is 30.3 Å². The number of thiophene rings is 4. The van der Waals surface area contributed by atoms with E-state index in [2.05, 4.69) is 160 Å². The lowest BCUT2D eigenvalue weighted by molar-refractivity contribution is 0.126. The summed E-state index contributed by atoms with van der Waals surface area (Å²) in [5.74, 6) is 0. The zero-order chi connectivity index (χ0) is 65.7. The summed E-state index contributed by atoms with van der Waals surface area (Å²) in [5.41, 5.74) is 8.33. The summed E-state index contributed by atoms with van der Waals surface area (Å²) in [6.07, 6.45) is 57.9. The predicted molar refractivity (Wildman–Crippen MR) is 418 cm³/mol. The molecule has 0 aliphatic rings. The van der Waals surface area contributed by atoms with E-state index in [0.29, 0.717) is 0 Å². The Morgan fingerprint density at radius 3 is 0.670 bits per heavy atom. The van der Waals surface area contributed by atoms with Crippen molar-refractivity contribution < 1.29 is 10.2 Å². The fourth-order valence-electron chi connectivity index (χ4n) is 14.5. The first-order valence-corrected chi connectivity index (χ1v) is 42.2. The van der Waals surface area contributed by atoms with Crippen molar-refractivity contribution in [3.05, 3.63) is 188 Å². The highest BCUT2D eigenvalue weighted by atomic mass is 32.1. The molecule has 0 spiro atoms. The van der Waals surface area contributed by atoms with Crippen molar-refractivity contribution in [3.63, 3.8) is 0 Å². The van der Waals surface area contributed by atoms with E-state index in [1.807, 2.05) is 22.7 Å². The summed E-state index contributed by atoms with van der Waals surface area (Å²) >= 11 is 7.14. The van der Waals surface area contributed by atoms with Crippen LogP contribution >= 0.6 is 45.3 Å². The van der Waals surface area contributed by atoms with Crippen molar-refractivity contribution >= 4 is 54.7 Å². The van der Waals surface area contributed by atoms with Gasteiger partial charge in [0.25, 0.3) is 0 Å². The molecule has 4 aromatic carbocycles. The summed E-state index contributed by atoms with van der Waals surface area (Å²) in [6.45, 7) is 9.19. The van der Waals surface area contributed by atoms with Crippen LogP contribution in [-0.4, -0.2) is 10.2 Å². The zero-order valence-corrected chi connectivity index (χ0v) is 62.6. The maximum absolute atomic E-state index is 13.7. The van der Waals surface area contributed by atoms with Gasteiger partial charge in [-0.05, 0) is 131 Å². The summed E-state index contributed by atoms with van der Waals surface area (Å²) < 4.78 is 2.47. The summed E-state index contributed by atoms with van der Waals surface area (Å²) in [4.78, 5) is 4.62. The van der Waals surface area contributed by atoms with Crippen molar-refractivity contribution in [2.75, 3.05) is 0 Å². The molecule has 2 nitrogen and oxygen atoms in total. The molecule has 0 unspecified atom stereocenters. The Morgan fingerprint density at radius 2 is 0.457 bits per heavy atom. The number of aliphatic hydroxyl groups is 2. The van der Waals surface area contributed by atoms with Crippen LogP contribution in [0.25, 0.3) is 28.9 Å². The molecule has 8 aromatic rings. The summed E-state index contributed by atoms with van der Waals surface area (Å²) in [6, 6.07) is 45.1. The van der Waals surface area contributed by atoms with Crippen LogP contribution in [0.2, 0.25) is 0 Å². The molecule has 0 fully saturated rings. The molecule has 0 saturated carbocycles. The van der Waals surface area contributed by atoms with Crippen LogP contribution in [0.3, 0.4) is 0 Å². The molecule has 512 valence electrons. The van der Waals surface area contributed by atoms with Gasteiger partial charge in [0.1, 0.15) is 11.2 Å². The molecule has 0 atom stereocenters. The molecule has 0 aliphatic carbocycles. The van der Waals surface area contributed by atoms with Gasteiger partial charge in [-0.15, -0.1) is 45.3 Å². The number of hydrogen-bond acceptors (Lipinski definition) is 6. The molecule has 94 heavy (non-hydrogen) atoms. The van der Waals surface area contributed by atoms with Crippen molar-refractivity contribution in [2.45, 2.75) is 321 Å². The van der Waals surface area contributed by atoms with Gasteiger partial charge in [-0.3, -0.25) is 0 Å². The van der Waals surface area contributed by atoms with Crippen LogP contribution in [0.1, 0.15) is 340 Å². The highest BCUT2D eigenvalue weighted by Crippen LogP contribution is 2.52. The third-order valence-corrected chi connectivity index (χ3v) is 25.0. The van der Waals surface area contributed by atoms with E-state index in [4.69, 9.17) is 0 Å². The minimum atomic E-state index is -1.34. The maximum atomic E-state index is 13.7. The van der Waals surface area contributed by atoms with Crippen LogP contribution < -0.4 is 0 Å². The molecular formula is C88H124O2S4. The Balaban J connectivity index is 0.998.